The molecule has 0 N–H and O–H groups in total. The van der Waals surface area contributed by atoms with E-state index in [1.807, 2.05) is 0 Å². The van der Waals surface area contributed by atoms with E-state index < -0.39 is 18.2 Å². The Morgan fingerprint density at radius 1 is 1.18 bits per heavy atom. The molecule has 0 radical (unpaired) electrons. The molecule has 2 aromatic rings. The molecular weight excluding hydrogens is 388 g/mol. The van der Waals surface area contributed by atoms with E-state index in [1.54, 1.807) is 13.1 Å². The van der Waals surface area contributed by atoms with Crippen molar-refractivity contribution in [2.24, 2.45) is 0 Å². The molecule has 0 saturated carbocycles. The minimum atomic E-state index is -1.15. The first-order valence-corrected chi connectivity index (χ1v) is 8.79. The first kappa shape index (κ1) is 18.1. The van der Waals surface area contributed by atoms with Gasteiger partial charge in [-0.1, -0.05) is 11.6 Å². The zero-order valence-electron chi connectivity index (χ0n) is 14.8. The van der Waals surface area contributed by atoms with Crippen molar-refractivity contribution in [2.75, 3.05) is 31.6 Å². The van der Waals surface area contributed by atoms with Gasteiger partial charge in [0.15, 0.2) is 5.69 Å². The number of nitrogens with zero attached hydrogens (tertiary/aromatic N) is 6. The van der Waals surface area contributed by atoms with Crippen molar-refractivity contribution in [2.45, 2.75) is 6.23 Å². The second-order valence-electron chi connectivity index (χ2n) is 6.27. The maximum Gasteiger partial charge on any atom is 0.412 e. The van der Waals surface area contributed by atoms with Gasteiger partial charge in [-0.25, -0.2) is 19.7 Å². The summed E-state index contributed by atoms with van der Waals surface area (Å²) in [7, 11) is 1.67. The van der Waals surface area contributed by atoms with Gasteiger partial charge in [-0.3, -0.25) is 19.5 Å². The lowest BCUT2D eigenvalue weighted by Gasteiger charge is -2.32. The van der Waals surface area contributed by atoms with Gasteiger partial charge in [-0.15, -0.1) is 0 Å². The van der Waals surface area contributed by atoms with Crippen LogP contribution in [0.25, 0.3) is 0 Å². The summed E-state index contributed by atoms with van der Waals surface area (Å²) in [6, 6.07) is 3.10. The molecule has 4 rings (SSSR count). The predicted octanol–water partition coefficient (Wildman–Crippen LogP) is 1.09. The van der Waals surface area contributed by atoms with E-state index in [2.05, 4.69) is 15.0 Å². The minimum absolute atomic E-state index is 0.0755. The van der Waals surface area contributed by atoms with E-state index in [0.29, 0.717) is 18.1 Å². The molecule has 11 heteroatoms. The number of ether oxygens (including phenoxy) is 1. The number of amides is 3. The zero-order valence-corrected chi connectivity index (χ0v) is 15.5. The van der Waals surface area contributed by atoms with Crippen LogP contribution in [0, 0.1) is 0 Å². The van der Waals surface area contributed by atoms with Crippen LogP contribution in [-0.2, 0) is 9.53 Å². The van der Waals surface area contributed by atoms with Crippen LogP contribution in [0.2, 0.25) is 5.02 Å². The molecule has 0 spiro atoms. The molecule has 28 heavy (non-hydrogen) atoms. The molecule has 2 aromatic heterocycles. The van der Waals surface area contributed by atoms with Gasteiger partial charge in [-0.05, 0) is 12.1 Å². The van der Waals surface area contributed by atoms with Crippen molar-refractivity contribution in [3.63, 3.8) is 0 Å². The summed E-state index contributed by atoms with van der Waals surface area (Å²) in [5.41, 5.74) is 0.282. The topological polar surface area (TPSA) is 109 Å². The average molecular weight is 403 g/mol. The maximum absolute atomic E-state index is 12.8. The summed E-state index contributed by atoms with van der Waals surface area (Å²) in [6.07, 6.45) is 2.30. The zero-order chi connectivity index (χ0) is 19.8. The highest BCUT2D eigenvalue weighted by Gasteiger charge is 2.44. The van der Waals surface area contributed by atoms with Crippen LogP contribution < -0.4 is 4.90 Å². The van der Waals surface area contributed by atoms with E-state index in [4.69, 9.17) is 16.3 Å². The van der Waals surface area contributed by atoms with Crippen molar-refractivity contribution in [1.82, 2.24) is 24.8 Å². The molecular formula is C17H15ClN6O4. The van der Waals surface area contributed by atoms with E-state index in [-0.39, 0.29) is 29.7 Å². The number of anilines is 1. The normalized spacial score (nSPS) is 19.1. The Hall–Kier alpha value is -3.27. The Balaban J connectivity index is 1.64. The summed E-state index contributed by atoms with van der Waals surface area (Å²) < 4.78 is 5.57. The summed E-state index contributed by atoms with van der Waals surface area (Å²) in [6.45, 7) is 0.632. The largest absolute Gasteiger partial charge is 0.419 e. The quantitative estimate of drug-likeness (QED) is 0.739. The second kappa shape index (κ2) is 7.04. The lowest BCUT2D eigenvalue weighted by Crippen LogP contribution is -2.51. The fourth-order valence-corrected chi connectivity index (χ4v) is 3.08. The van der Waals surface area contributed by atoms with Crippen LogP contribution >= 0.6 is 11.6 Å². The number of carbonyl (C=O) groups excluding carboxylic acids is 3. The predicted molar refractivity (Wildman–Crippen MR) is 96.5 cm³/mol. The highest BCUT2D eigenvalue weighted by atomic mass is 35.5. The number of hydrogen-bond donors (Lipinski definition) is 0. The lowest BCUT2D eigenvalue weighted by atomic mass is 10.3. The molecule has 10 nitrogen and oxygen atoms in total. The first-order chi connectivity index (χ1) is 13.5. The molecule has 4 heterocycles. The van der Waals surface area contributed by atoms with Gasteiger partial charge in [0.1, 0.15) is 18.1 Å². The molecule has 2 aliphatic rings. The Morgan fingerprint density at radius 2 is 1.96 bits per heavy atom. The lowest BCUT2D eigenvalue weighted by molar-refractivity contribution is -0.134. The van der Waals surface area contributed by atoms with E-state index in [0.717, 1.165) is 0 Å². The summed E-state index contributed by atoms with van der Waals surface area (Å²) in [5, 5.41) is 0.397. The van der Waals surface area contributed by atoms with Gasteiger partial charge < -0.3 is 9.64 Å². The third kappa shape index (κ3) is 3.11. The molecule has 0 bridgehead atoms. The third-order valence-electron chi connectivity index (χ3n) is 4.50. The summed E-state index contributed by atoms with van der Waals surface area (Å²) in [5.74, 6) is -0.450. The van der Waals surface area contributed by atoms with Crippen LogP contribution in [0.15, 0.2) is 30.7 Å². The molecule has 2 aliphatic heterocycles. The summed E-state index contributed by atoms with van der Waals surface area (Å²) in [4.78, 5) is 53.7. The number of fused-ring (bicyclic) bond motifs is 1. The van der Waals surface area contributed by atoms with Crippen LogP contribution in [0.5, 0.6) is 0 Å². The van der Waals surface area contributed by atoms with Crippen molar-refractivity contribution in [3.8, 4) is 0 Å². The molecule has 1 saturated heterocycles. The fourth-order valence-electron chi connectivity index (χ4n) is 2.96. The van der Waals surface area contributed by atoms with E-state index in [9.17, 15) is 14.4 Å². The van der Waals surface area contributed by atoms with Gasteiger partial charge in [0, 0.05) is 38.7 Å². The Morgan fingerprint density at radius 3 is 2.68 bits per heavy atom. The molecule has 1 fully saturated rings. The summed E-state index contributed by atoms with van der Waals surface area (Å²) >= 11 is 5.87. The van der Waals surface area contributed by atoms with Gasteiger partial charge >= 0.3 is 6.09 Å². The number of piperazine rings is 1. The van der Waals surface area contributed by atoms with Crippen molar-refractivity contribution in [3.05, 3.63) is 47.1 Å². The highest BCUT2D eigenvalue weighted by molar-refractivity contribution is 6.30. The van der Waals surface area contributed by atoms with Crippen LogP contribution in [0.1, 0.15) is 22.4 Å². The molecule has 3 amide bonds. The molecule has 0 aromatic carbocycles. The van der Waals surface area contributed by atoms with Crippen LogP contribution in [-0.4, -0.2) is 69.3 Å². The fraction of sp³-hybridized carbons (Fsp3) is 0.294. The van der Waals surface area contributed by atoms with Crippen molar-refractivity contribution < 1.29 is 19.1 Å². The second-order valence-corrected chi connectivity index (χ2v) is 6.71. The minimum Gasteiger partial charge on any atom is -0.419 e. The molecule has 1 unspecified atom stereocenters. The van der Waals surface area contributed by atoms with Crippen LogP contribution in [0.4, 0.5) is 10.6 Å². The SMILES string of the molecule is CN1CCN(C(=O)OC2c3nccnc3C(=O)N2c2ccc(Cl)cn2)CC1=O. The van der Waals surface area contributed by atoms with Gasteiger partial charge in [0.2, 0.25) is 12.1 Å². The Labute approximate surface area is 164 Å². The number of aromatic nitrogens is 3. The Kier molecular flexibility index (Phi) is 4.55. The number of pyridine rings is 1. The smallest absolute Gasteiger partial charge is 0.412 e. The average Bonchev–Trinajstić information content (AvgIpc) is 2.97. The van der Waals surface area contributed by atoms with E-state index >= 15 is 0 Å². The number of halogens is 1. The number of likely N-dealkylation sites (N-methyl/N-ethyl adjacent to an activating group) is 1. The van der Waals surface area contributed by atoms with Gasteiger partial charge in [-0.2, -0.15) is 0 Å². The first-order valence-electron chi connectivity index (χ1n) is 8.41. The van der Waals surface area contributed by atoms with Gasteiger partial charge in [0.25, 0.3) is 5.91 Å². The van der Waals surface area contributed by atoms with Crippen LogP contribution in [0.3, 0.4) is 0 Å². The van der Waals surface area contributed by atoms with Crippen molar-refractivity contribution in [1.29, 1.82) is 0 Å². The third-order valence-corrected chi connectivity index (χ3v) is 4.73. The Bertz CT molecular complexity index is 953. The molecule has 1 atom stereocenters. The maximum atomic E-state index is 12.8. The molecule has 144 valence electrons. The van der Waals surface area contributed by atoms with Crippen molar-refractivity contribution >= 4 is 35.3 Å². The van der Waals surface area contributed by atoms with E-state index in [1.165, 1.54) is 39.4 Å². The van der Waals surface area contributed by atoms with Gasteiger partial charge in [0.05, 0.1) is 5.02 Å². The monoisotopic (exact) mass is 402 g/mol. The number of hydrogen-bond acceptors (Lipinski definition) is 7. The highest BCUT2D eigenvalue weighted by Crippen LogP contribution is 2.35. The molecule has 0 aliphatic carbocycles. The number of carbonyl (C=O) groups is 3. The standard InChI is InChI=1S/C17H15ClN6O4/c1-22-6-7-23(9-12(22)25)17(27)28-16-14-13(19-4-5-20-14)15(26)24(16)11-3-2-10(18)8-21-11/h2-5,8,16H,6-7,9H2,1H3. The number of rotatable bonds is 2.